The second kappa shape index (κ2) is 7.06. The van der Waals surface area contributed by atoms with Crippen molar-refractivity contribution in [3.63, 3.8) is 0 Å². The van der Waals surface area contributed by atoms with Crippen LogP contribution in [0.25, 0.3) is 0 Å². The van der Waals surface area contributed by atoms with Crippen LogP contribution in [0.4, 0.5) is 0 Å². The van der Waals surface area contributed by atoms with Gasteiger partial charge in [0.15, 0.2) is 0 Å². The summed E-state index contributed by atoms with van der Waals surface area (Å²) in [6.45, 7) is 8.03. The van der Waals surface area contributed by atoms with Crippen LogP contribution < -0.4 is 5.73 Å². The van der Waals surface area contributed by atoms with Gasteiger partial charge in [-0.05, 0) is 56.7 Å². The molecular formula is C17H28N2. The van der Waals surface area contributed by atoms with E-state index in [0.29, 0.717) is 12.0 Å². The standard InChI is InChI=1S/C17H28N2/c1-14(15(2)18)13-19-10-8-17(9-11-19)12-16-6-4-3-5-7-16/h3-7,14-15,17H,8-13,18H2,1-2H3. The zero-order chi connectivity index (χ0) is 13.7. The van der Waals surface area contributed by atoms with E-state index in [9.17, 15) is 0 Å². The molecule has 1 aliphatic rings. The smallest absolute Gasteiger partial charge is 0.00483 e. The maximum atomic E-state index is 5.96. The average molecular weight is 260 g/mol. The molecule has 1 heterocycles. The van der Waals surface area contributed by atoms with E-state index in [0.717, 1.165) is 12.5 Å². The summed E-state index contributed by atoms with van der Waals surface area (Å²) in [5, 5.41) is 0. The van der Waals surface area contributed by atoms with E-state index in [2.05, 4.69) is 49.1 Å². The van der Waals surface area contributed by atoms with Gasteiger partial charge in [-0.2, -0.15) is 0 Å². The average Bonchev–Trinajstić information content (AvgIpc) is 2.42. The van der Waals surface area contributed by atoms with Crippen LogP contribution in [0.1, 0.15) is 32.3 Å². The minimum Gasteiger partial charge on any atom is -0.328 e. The molecule has 106 valence electrons. The quantitative estimate of drug-likeness (QED) is 0.882. The topological polar surface area (TPSA) is 29.3 Å². The Labute approximate surface area is 118 Å². The molecule has 0 amide bonds. The summed E-state index contributed by atoms with van der Waals surface area (Å²) >= 11 is 0. The fraction of sp³-hybridized carbons (Fsp3) is 0.647. The first-order chi connectivity index (χ1) is 9.15. The van der Waals surface area contributed by atoms with Crippen LogP contribution >= 0.6 is 0 Å². The highest BCUT2D eigenvalue weighted by atomic mass is 15.1. The Balaban J connectivity index is 1.73. The van der Waals surface area contributed by atoms with Gasteiger partial charge in [-0.3, -0.25) is 0 Å². The third-order valence-electron chi connectivity index (χ3n) is 4.52. The number of hydrogen-bond donors (Lipinski definition) is 1. The summed E-state index contributed by atoms with van der Waals surface area (Å²) in [6.07, 6.45) is 3.92. The molecular weight excluding hydrogens is 232 g/mol. The van der Waals surface area contributed by atoms with Crippen molar-refractivity contribution < 1.29 is 0 Å². The Bertz CT molecular complexity index is 353. The maximum Gasteiger partial charge on any atom is 0.00483 e. The van der Waals surface area contributed by atoms with Crippen LogP contribution in [-0.4, -0.2) is 30.6 Å². The van der Waals surface area contributed by atoms with Crippen molar-refractivity contribution in [2.75, 3.05) is 19.6 Å². The van der Waals surface area contributed by atoms with Crippen LogP contribution in [-0.2, 0) is 6.42 Å². The second-order valence-electron chi connectivity index (χ2n) is 6.27. The predicted octanol–water partition coefficient (Wildman–Crippen LogP) is 2.92. The largest absolute Gasteiger partial charge is 0.328 e. The summed E-state index contributed by atoms with van der Waals surface area (Å²) in [7, 11) is 0. The van der Waals surface area contributed by atoms with Crippen molar-refractivity contribution in [2.24, 2.45) is 17.6 Å². The van der Waals surface area contributed by atoms with Crippen molar-refractivity contribution in [3.8, 4) is 0 Å². The Morgan fingerprint density at radius 1 is 1.16 bits per heavy atom. The van der Waals surface area contributed by atoms with Crippen molar-refractivity contribution in [1.82, 2.24) is 4.90 Å². The molecule has 2 rings (SSSR count). The third kappa shape index (κ3) is 4.63. The molecule has 0 bridgehead atoms. The van der Waals surface area contributed by atoms with E-state index < -0.39 is 0 Å². The SMILES string of the molecule is CC(N)C(C)CN1CCC(Cc2ccccc2)CC1. The summed E-state index contributed by atoms with van der Waals surface area (Å²) in [5.41, 5.74) is 7.45. The van der Waals surface area contributed by atoms with Crippen LogP contribution in [0.3, 0.4) is 0 Å². The number of likely N-dealkylation sites (tertiary alicyclic amines) is 1. The van der Waals surface area contributed by atoms with Gasteiger partial charge in [0.05, 0.1) is 0 Å². The Morgan fingerprint density at radius 2 is 1.79 bits per heavy atom. The van der Waals surface area contributed by atoms with Crippen LogP contribution in [0.5, 0.6) is 0 Å². The first-order valence-electron chi connectivity index (χ1n) is 7.67. The van der Waals surface area contributed by atoms with E-state index in [1.807, 2.05) is 0 Å². The molecule has 0 aliphatic carbocycles. The lowest BCUT2D eigenvalue weighted by Crippen LogP contribution is -2.40. The fourth-order valence-electron chi connectivity index (χ4n) is 2.89. The molecule has 1 aliphatic heterocycles. The maximum absolute atomic E-state index is 5.96. The van der Waals surface area contributed by atoms with Crippen LogP contribution in [0, 0.1) is 11.8 Å². The van der Waals surface area contributed by atoms with Gasteiger partial charge in [0.25, 0.3) is 0 Å². The summed E-state index contributed by atoms with van der Waals surface area (Å²) in [6, 6.07) is 11.2. The van der Waals surface area contributed by atoms with Gasteiger partial charge in [-0.1, -0.05) is 37.3 Å². The normalized spacial score (nSPS) is 21.2. The van der Waals surface area contributed by atoms with Gasteiger partial charge in [0, 0.05) is 12.6 Å². The molecule has 1 saturated heterocycles. The lowest BCUT2D eigenvalue weighted by molar-refractivity contribution is 0.158. The Kier molecular flexibility index (Phi) is 5.41. The van der Waals surface area contributed by atoms with Gasteiger partial charge in [-0.25, -0.2) is 0 Å². The first kappa shape index (κ1) is 14.5. The molecule has 0 spiro atoms. The number of rotatable bonds is 5. The zero-order valence-electron chi connectivity index (χ0n) is 12.4. The molecule has 0 aromatic heterocycles. The highest BCUT2D eigenvalue weighted by Crippen LogP contribution is 2.22. The highest BCUT2D eigenvalue weighted by Gasteiger charge is 2.21. The molecule has 0 radical (unpaired) electrons. The van der Waals surface area contributed by atoms with Gasteiger partial charge < -0.3 is 10.6 Å². The fourth-order valence-corrected chi connectivity index (χ4v) is 2.89. The second-order valence-corrected chi connectivity index (χ2v) is 6.27. The van der Waals surface area contributed by atoms with E-state index in [1.165, 1.54) is 37.9 Å². The van der Waals surface area contributed by atoms with E-state index in [4.69, 9.17) is 5.73 Å². The highest BCUT2D eigenvalue weighted by molar-refractivity contribution is 5.15. The molecule has 2 atom stereocenters. The summed E-state index contributed by atoms with van der Waals surface area (Å²) < 4.78 is 0. The number of nitrogens with two attached hydrogens (primary N) is 1. The van der Waals surface area contributed by atoms with Gasteiger partial charge >= 0.3 is 0 Å². The lowest BCUT2D eigenvalue weighted by Gasteiger charge is -2.34. The number of piperidine rings is 1. The monoisotopic (exact) mass is 260 g/mol. The molecule has 0 saturated carbocycles. The van der Waals surface area contributed by atoms with Crippen molar-refractivity contribution in [3.05, 3.63) is 35.9 Å². The third-order valence-corrected chi connectivity index (χ3v) is 4.52. The Hall–Kier alpha value is -0.860. The van der Waals surface area contributed by atoms with Crippen molar-refractivity contribution in [2.45, 2.75) is 39.2 Å². The molecule has 2 nitrogen and oxygen atoms in total. The van der Waals surface area contributed by atoms with Gasteiger partial charge in [0.2, 0.25) is 0 Å². The first-order valence-corrected chi connectivity index (χ1v) is 7.67. The molecule has 2 N–H and O–H groups in total. The molecule has 1 fully saturated rings. The van der Waals surface area contributed by atoms with Gasteiger partial charge in [-0.15, -0.1) is 0 Å². The van der Waals surface area contributed by atoms with E-state index in [1.54, 1.807) is 0 Å². The van der Waals surface area contributed by atoms with Crippen molar-refractivity contribution in [1.29, 1.82) is 0 Å². The Morgan fingerprint density at radius 3 is 2.37 bits per heavy atom. The number of benzene rings is 1. The molecule has 2 heteroatoms. The van der Waals surface area contributed by atoms with Crippen LogP contribution in [0.15, 0.2) is 30.3 Å². The predicted molar refractivity (Wildman–Crippen MR) is 82.1 cm³/mol. The minimum atomic E-state index is 0.307. The molecule has 1 aromatic rings. The minimum absolute atomic E-state index is 0.307. The molecule has 19 heavy (non-hydrogen) atoms. The molecule has 1 aromatic carbocycles. The van der Waals surface area contributed by atoms with E-state index >= 15 is 0 Å². The number of hydrogen-bond acceptors (Lipinski definition) is 2. The van der Waals surface area contributed by atoms with E-state index in [-0.39, 0.29) is 0 Å². The summed E-state index contributed by atoms with van der Waals surface area (Å²) in [5.74, 6) is 1.47. The van der Waals surface area contributed by atoms with Crippen LogP contribution in [0.2, 0.25) is 0 Å². The van der Waals surface area contributed by atoms with Crippen molar-refractivity contribution >= 4 is 0 Å². The molecule has 2 unspecified atom stereocenters. The van der Waals surface area contributed by atoms with Gasteiger partial charge in [0.1, 0.15) is 0 Å². The number of nitrogens with zero attached hydrogens (tertiary/aromatic N) is 1. The summed E-state index contributed by atoms with van der Waals surface area (Å²) in [4.78, 5) is 2.59. The lowest BCUT2D eigenvalue weighted by atomic mass is 9.89. The zero-order valence-corrected chi connectivity index (χ0v) is 12.4.